The molecule has 7 heteroatoms. The second-order valence-corrected chi connectivity index (χ2v) is 5.03. The predicted octanol–water partition coefficient (Wildman–Crippen LogP) is 2.74. The van der Waals surface area contributed by atoms with Crippen LogP contribution in [0.2, 0.25) is 0 Å². The normalized spacial score (nSPS) is 10.8. The summed E-state index contributed by atoms with van der Waals surface area (Å²) >= 11 is 0. The maximum absolute atomic E-state index is 10.7. The summed E-state index contributed by atoms with van der Waals surface area (Å²) in [4.78, 5) is 18.9. The molecule has 3 aromatic rings. The van der Waals surface area contributed by atoms with E-state index in [0.29, 0.717) is 6.54 Å². The molecule has 0 aliphatic carbocycles. The van der Waals surface area contributed by atoms with Gasteiger partial charge in [0.1, 0.15) is 17.8 Å². The van der Waals surface area contributed by atoms with Crippen molar-refractivity contribution in [2.24, 2.45) is 0 Å². The van der Waals surface area contributed by atoms with Gasteiger partial charge in [-0.25, -0.2) is 9.97 Å². The van der Waals surface area contributed by atoms with Gasteiger partial charge in [0.2, 0.25) is 0 Å². The Hall–Kier alpha value is -2.96. The zero-order valence-electron chi connectivity index (χ0n) is 12.3. The van der Waals surface area contributed by atoms with Crippen LogP contribution in [0.1, 0.15) is 11.1 Å². The topological polar surface area (TPSA) is 85.9 Å². The molecular weight excluding hydrogens is 282 g/mol. The number of nitro benzene ring substituents is 1. The van der Waals surface area contributed by atoms with Crippen LogP contribution in [-0.2, 0) is 6.54 Å². The lowest BCUT2D eigenvalue weighted by Gasteiger charge is -2.06. The molecule has 0 saturated carbocycles. The highest BCUT2D eigenvalue weighted by molar-refractivity contribution is 5.90. The van der Waals surface area contributed by atoms with E-state index in [0.717, 1.165) is 28.0 Å². The minimum atomic E-state index is -0.397. The number of benzene rings is 1. The zero-order valence-corrected chi connectivity index (χ0v) is 12.3. The van der Waals surface area contributed by atoms with E-state index < -0.39 is 4.92 Å². The molecule has 0 aliphatic heterocycles. The Balaban J connectivity index is 1.99. The zero-order chi connectivity index (χ0) is 15.7. The number of nitrogens with one attached hydrogen (secondary N) is 1. The number of aromatic nitrogens is 3. The van der Waals surface area contributed by atoms with Crippen molar-refractivity contribution in [2.45, 2.75) is 13.5 Å². The molecule has 112 valence electrons. The summed E-state index contributed by atoms with van der Waals surface area (Å²) in [6, 6.07) is 6.56. The van der Waals surface area contributed by atoms with E-state index in [9.17, 15) is 10.1 Å². The van der Waals surface area contributed by atoms with Crippen LogP contribution in [0.3, 0.4) is 0 Å². The Labute approximate surface area is 126 Å². The smallest absolute Gasteiger partial charge is 0.269 e. The van der Waals surface area contributed by atoms with Crippen LogP contribution in [0.5, 0.6) is 0 Å². The number of hydrogen-bond donors (Lipinski definition) is 1. The molecule has 0 spiro atoms. The Kier molecular flexibility index (Phi) is 3.46. The van der Waals surface area contributed by atoms with Gasteiger partial charge in [0.05, 0.1) is 10.3 Å². The van der Waals surface area contributed by atoms with Crippen molar-refractivity contribution in [2.75, 3.05) is 12.4 Å². The van der Waals surface area contributed by atoms with Gasteiger partial charge in [-0.2, -0.15) is 0 Å². The fraction of sp³-hybridized carbons (Fsp3) is 0.200. The summed E-state index contributed by atoms with van der Waals surface area (Å²) in [5, 5.41) is 14.8. The second-order valence-electron chi connectivity index (χ2n) is 5.03. The SMILES string of the molecule is CNc1ncnc2c1c(C)cn2Cc1ccc([N+](=O)[O-])cc1. The molecule has 3 rings (SSSR count). The maximum atomic E-state index is 10.7. The number of rotatable bonds is 4. The third kappa shape index (κ3) is 2.37. The number of aryl methyl sites for hydroxylation is 1. The molecular formula is C15H15N5O2. The molecule has 1 N–H and O–H groups in total. The van der Waals surface area contributed by atoms with Crippen molar-refractivity contribution in [3.8, 4) is 0 Å². The summed E-state index contributed by atoms with van der Waals surface area (Å²) < 4.78 is 2.02. The Morgan fingerprint density at radius 1 is 1.27 bits per heavy atom. The highest BCUT2D eigenvalue weighted by Gasteiger charge is 2.12. The quantitative estimate of drug-likeness (QED) is 0.591. The first-order chi connectivity index (χ1) is 10.6. The monoisotopic (exact) mass is 297 g/mol. The summed E-state index contributed by atoms with van der Waals surface area (Å²) in [6.07, 6.45) is 3.54. The van der Waals surface area contributed by atoms with E-state index in [1.54, 1.807) is 12.1 Å². The minimum absolute atomic E-state index is 0.0945. The third-order valence-corrected chi connectivity index (χ3v) is 3.58. The number of non-ortho nitro benzene ring substituents is 1. The van der Waals surface area contributed by atoms with E-state index in [2.05, 4.69) is 15.3 Å². The number of hydrogen-bond acceptors (Lipinski definition) is 5. The fourth-order valence-electron chi connectivity index (χ4n) is 2.55. The number of anilines is 1. The summed E-state index contributed by atoms with van der Waals surface area (Å²) in [5.41, 5.74) is 3.00. The number of nitro groups is 1. The van der Waals surface area contributed by atoms with Crippen molar-refractivity contribution in [1.29, 1.82) is 0 Å². The molecule has 0 saturated heterocycles. The molecule has 0 atom stereocenters. The van der Waals surface area contributed by atoms with E-state index in [1.165, 1.54) is 18.5 Å². The van der Waals surface area contributed by atoms with Crippen molar-refractivity contribution in [3.63, 3.8) is 0 Å². The van der Waals surface area contributed by atoms with Crippen LogP contribution in [0.4, 0.5) is 11.5 Å². The van der Waals surface area contributed by atoms with Crippen molar-refractivity contribution in [3.05, 3.63) is 58.0 Å². The number of fused-ring (bicyclic) bond motifs is 1. The van der Waals surface area contributed by atoms with Gasteiger partial charge >= 0.3 is 0 Å². The standard InChI is InChI=1S/C15H15N5O2/c1-10-7-19(15-13(10)14(16-2)17-9-18-15)8-11-3-5-12(6-4-11)20(21)22/h3-7,9H,8H2,1-2H3,(H,16,17,18). The van der Waals surface area contributed by atoms with Crippen LogP contribution in [-0.4, -0.2) is 26.5 Å². The Morgan fingerprint density at radius 2 is 2.00 bits per heavy atom. The molecule has 0 aliphatic rings. The lowest BCUT2D eigenvalue weighted by Crippen LogP contribution is -2.01. The maximum Gasteiger partial charge on any atom is 0.269 e. The van der Waals surface area contributed by atoms with Crippen LogP contribution in [0.15, 0.2) is 36.8 Å². The van der Waals surface area contributed by atoms with Gasteiger partial charge in [-0.3, -0.25) is 10.1 Å². The van der Waals surface area contributed by atoms with Gasteiger partial charge in [0.25, 0.3) is 5.69 Å². The molecule has 0 fully saturated rings. The van der Waals surface area contributed by atoms with Crippen LogP contribution < -0.4 is 5.32 Å². The predicted molar refractivity (Wildman–Crippen MR) is 84.0 cm³/mol. The fourth-order valence-corrected chi connectivity index (χ4v) is 2.55. The minimum Gasteiger partial charge on any atom is -0.372 e. The van der Waals surface area contributed by atoms with E-state index in [4.69, 9.17) is 0 Å². The highest BCUT2D eigenvalue weighted by Crippen LogP contribution is 2.25. The van der Waals surface area contributed by atoms with Gasteiger partial charge in [-0.05, 0) is 18.1 Å². The molecule has 0 unspecified atom stereocenters. The first-order valence-electron chi connectivity index (χ1n) is 6.81. The van der Waals surface area contributed by atoms with Gasteiger partial charge in [-0.1, -0.05) is 12.1 Å². The average Bonchev–Trinajstić information content (AvgIpc) is 2.84. The second kappa shape index (κ2) is 5.44. The average molecular weight is 297 g/mol. The molecule has 2 heterocycles. The first-order valence-corrected chi connectivity index (χ1v) is 6.81. The van der Waals surface area contributed by atoms with E-state index >= 15 is 0 Å². The molecule has 2 aromatic heterocycles. The molecule has 0 amide bonds. The largest absolute Gasteiger partial charge is 0.372 e. The van der Waals surface area contributed by atoms with Gasteiger partial charge in [0.15, 0.2) is 0 Å². The summed E-state index contributed by atoms with van der Waals surface area (Å²) in [7, 11) is 1.83. The van der Waals surface area contributed by atoms with Crippen molar-refractivity contribution < 1.29 is 4.92 Å². The summed E-state index contributed by atoms with van der Waals surface area (Å²) in [5.74, 6) is 0.796. The van der Waals surface area contributed by atoms with Gasteiger partial charge in [-0.15, -0.1) is 0 Å². The van der Waals surface area contributed by atoms with Crippen molar-refractivity contribution in [1.82, 2.24) is 14.5 Å². The number of nitrogens with zero attached hydrogens (tertiary/aromatic N) is 4. The van der Waals surface area contributed by atoms with Crippen molar-refractivity contribution >= 4 is 22.5 Å². The van der Waals surface area contributed by atoms with Crippen LogP contribution >= 0.6 is 0 Å². The molecule has 0 radical (unpaired) electrons. The Bertz CT molecular complexity index is 839. The summed E-state index contributed by atoms with van der Waals surface area (Å²) in [6.45, 7) is 2.61. The lowest BCUT2D eigenvalue weighted by atomic mass is 10.2. The first kappa shape index (κ1) is 14.0. The van der Waals surface area contributed by atoms with Gasteiger partial charge < -0.3 is 9.88 Å². The van der Waals surface area contributed by atoms with Crippen LogP contribution in [0.25, 0.3) is 11.0 Å². The van der Waals surface area contributed by atoms with E-state index in [-0.39, 0.29) is 5.69 Å². The van der Waals surface area contributed by atoms with E-state index in [1.807, 2.05) is 24.7 Å². The molecule has 22 heavy (non-hydrogen) atoms. The lowest BCUT2D eigenvalue weighted by molar-refractivity contribution is -0.384. The Morgan fingerprint density at radius 3 is 2.64 bits per heavy atom. The third-order valence-electron chi connectivity index (χ3n) is 3.58. The molecule has 1 aromatic carbocycles. The van der Waals surface area contributed by atoms with Crippen LogP contribution in [0, 0.1) is 17.0 Å². The molecule has 7 nitrogen and oxygen atoms in total. The van der Waals surface area contributed by atoms with Gasteiger partial charge in [0, 0.05) is 31.9 Å². The molecule has 0 bridgehead atoms. The highest BCUT2D eigenvalue weighted by atomic mass is 16.6.